The first-order chi connectivity index (χ1) is 15.1. The highest BCUT2D eigenvalue weighted by molar-refractivity contribution is 5.42. The molecule has 2 unspecified atom stereocenters. The van der Waals surface area contributed by atoms with E-state index in [1.807, 2.05) is 6.07 Å². The molecule has 4 rings (SSSR count). The number of ether oxygens (including phenoxy) is 2. The summed E-state index contributed by atoms with van der Waals surface area (Å²) in [4.78, 5) is 10.7. The molecule has 3 atom stereocenters. The van der Waals surface area contributed by atoms with Crippen LogP contribution in [0.4, 0.5) is 5.82 Å². The average Bonchev–Trinajstić information content (AvgIpc) is 3.27. The van der Waals surface area contributed by atoms with Gasteiger partial charge in [-0.2, -0.15) is 5.26 Å². The van der Waals surface area contributed by atoms with Crippen LogP contribution < -0.4 is 20.9 Å². The minimum Gasteiger partial charge on any atom is -0.496 e. The third-order valence-electron chi connectivity index (χ3n) is 5.82. The largest absolute Gasteiger partial charge is 0.496 e. The van der Waals surface area contributed by atoms with Crippen molar-refractivity contribution in [1.82, 2.24) is 25.7 Å². The Labute approximate surface area is 182 Å². The van der Waals surface area contributed by atoms with Gasteiger partial charge in [-0.1, -0.05) is 12.1 Å². The number of hydrogen-bond acceptors (Lipinski definition) is 9. The fraction of sp³-hybridized carbons (Fsp3) is 0.500. The van der Waals surface area contributed by atoms with Gasteiger partial charge in [0.25, 0.3) is 0 Å². The second-order valence-corrected chi connectivity index (χ2v) is 8.12. The van der Waals surface area contributed by atoms with Crippen molar-refractivity contribution in [3.05, 3.63) is 47.4 Å². The first-order valence-corrected chi connectivity index (χ1v) is 10.6. The highest BCUT2D eigenvalue weighted by Gasteiger charge is 2.29. The predicted molar refractivity (Wildman–Crippen MR) is 116 cm³/mol. The van der Waals surface area contributed by atoms with Gasteiger partial charge in [0.2, 0.25) is 0 Å². The number of rotatable bonds is 6. The number of methoxy groups -OCH3 is 1. The molecule has 0 aliphatic carbocycles. The number of hydrogen-bond donors (Lipinski definition) is 3. The Morgan fingerprint density at radius 2 is 2.16 bits per heavy atom. The van der Waals surface area contributed by atoms with E-state index in [0.717, 1.165) is 43.0 Å². The van der Waals surface area contributed by atoms with E-state index < -0.39 is 0 Å². The third-order valence-corrected chi connectivity index (χ3v) is 5.82. The second-order valence-electron chi connectivity index (χ2n) is 8.12. The lowest BCUT2D eigenvalue weighted by atomic mass is 9.98. The number of nitrogens with zero attached hydrogens (tertiary/aromatic N) is 4. The van der Waals surface area contributed by atoms with Crippen LogP contribution in [0, 0.1) is 11.3 Å². The van der Waals surface area contributed by atoms with E-state index in [1.165, 1.54) is 6.20 Å². The van der Waals surface area contributed by atoms with Crippen LogP contribution in [0.25, 0.3) is 0 Å². The Hall–Kier alpha value is -2.77. The number of nitrogens with one attached hydrogen (secondary N) is 3. The molecule has 1 aromatic heterocycles. The van der Waals surface area contributed by atoms with Gasteiger partial charge in [0.05, 0.1) is 44.4 Å². The fourth-order valence-corrected chi connectivity index (χ4v) is 4.05. The molecule has 3 N–H and O–H groups in total. The monoisotopic (exact) mass is 423 g/mol. The molecule has 3 heterocycles. The van der Waals surface area contributed by atoms with Gasteiger partial charge >= 0.3 is 0 Å². The summed E-state index contributed by atoms with van der Waals surface area (Å²) < 4.78 is 11.8. The molecule has 2 aliphatic rings. The normalized spacial score (nSPS) is 24.2. The van der Waals surface area contributed by atoms with Crippen molar-refractivity contribution in [2.45, 2.75) is 44.6 Å². The molecule has 2 fully saturated rings. The predicted octanol–water partition coefficient (Wildman–Crippen LogP) is 2.12. The lowest BCUT2D eigenvalue weighted by molar-refractivity contribution is -0.0402. The van der Waals surface area contributed by atoms with Crippen LogP contribution in [0.1, 0.15) is 49.2 Å². The molecule has 0 amide bonds. The maximum atomic E-state index is 8.85. The highest BCUT2D eigenvalue weighted by atomic mass is 16.5. The summed E-state index contributed by atoms with van der Waals surface area (Å²) >= 11 is 0. The van der Waals surface area contributed by atoms with Crippen LogP contribution in [0.2, 0.25) is 0 Å². The molecule has 31 heavy (non-hydrogen) atoms. The second kappa shape index (κ2) is 9.58. The van der Waals surface area contributed by atoms with E-state index in [0.29, 0.717) is 17.6 Å². The number of anilines is 1. The van der Waals surface area contributed by atoms with Crippen LogP contribution in [0.5, 0.6) is 5.75 Å². The number of benzene rings is 1. The van der Waals surface area contributed by atoms with Gasteiger partial charge in [0.15, 0.2) is 5.69 Å². The Balaban J connectivity index is 1.43. The van der Waals surface area contributed by atoms with Crippen molar-refractivity contribution >= 4 is 5.82 Å². The number of aromatic nitrogens is 2. The summed E-state index contributed by atoms with van der Waals surface area (Å²) in [7, 11) is 1.70. The molecular formula is C22H29N7O2. The molecule has 9 nitrogen and oxygen atoms in total. The molecule has 2 aromatic rings. The van der Waals surface area contributed by atoms with Crippen molar-refractivity contribution in [3.63, 3.8) is 0 Å². The van der Waals surface area contributed by atoms with Crippen LogP contribution >= 0.6 is 0 Å². The van der Waals surface area contributed by atoms with Crippen molar-refractivity contribution in [2.75, 3.05) is 32.1 Å². The Morgan fingerprint density at radius 3 is 2.87 bits per heavy atom. The highest BCUT2D eigenvalue weighted by Crippen LogP contribution is 2.34. The fourth-order valence-electron chi connectivity index (χ4n) is 4.05. The Bertz CT molecular complexity index is 928. The standard InChI is InChI=1S/C22H29N7O2/c1-14(2)29-6-7-31-20(13-29)15-4-5-17(19(8-15)30-3)18-9-21(28-27-18)26-22-12-24-16(10-23)11-25-22/h4-5,8,11-12,14,18,20-21,27-28H,6-7,9,13H2,1-3H3,(H,25,26)/t18?,20-,21?/m0/s1. The summed E-state index contributed by atoms with van der Waals surface area (Å²) in [5.74, 6) is 1.46. The van der Waals surface area contributed by atoms with Crippen LogP contribution in [0.3, 0.4) is 0 Å². The minimum absolute atomic E-state index is 0.0297. The van der Waals surface area contributed by atoms with Gasteiger partial charge in [0, 0.05) is 31.1 Å². The molecule has 0 bridgehead atoms. The maximum absolute atomic E-state index is 8.85. The van der Waals surface area contributed by atoms with Crippen LogP contribution in [0.15, 0.2) is 30.6 Å². The lowest BCUT2D eigenvalue weighted by Crippen LogP contribution is -2.42. The van der Waals surface area contributed by atoms with E-state index in [2.05, 4.69) is 63.1 Å². The summed E-state index contributed by atoms with van der Waals surface area (Å²) in [5.41, 5.74) is 9.10. The zero-order chi connectivity index (χ0) is 21.8. The van der Waals surface area contributed by atoms with Crippen molar-refractivity contribution in [2.24, 2.45) is 0 Å². The molecule has 0 saturated carbocycles. The summed E-state index contributed by atoms with van der Waals surface area (Å²) in [6, 6.07) is 8.91. The molecule has 1 aromatic carbocycles. The van der Waals surface area contributed by atoms with E-state index in [-0.39, 0.29) is 18.3 Å². The smallest absolute Gasteiger partial charge is 0.158 e. The molecular weight excluding hydrogens is 394 g/mol. The summed E-state index contributed by atoms with van der Waals surface area (Å²) in [6.45, 7) is 7.05. The molecule has 0 spiro atoms. The third kappa shape index (κ3) is 4.94. The first-order valence-electron chi connectivity index (χ1n) is 10.6. The Kier molecular flexibility index (Phi) is 6.63. The van der Waals surface area contributed by atoms with Gasteiger partial charge < -0.3 is 14.8 Å². The van der Waals surface area contributed by atoms with Gasteiger partial charge in [-0.25, -0.2) is 20.8 Å². The summed E-state index contributed by atoms with van der Waals surface area (Å²) in [5, 5.41) is 12.1. The molecule has 2 aliphatic heterocycles. The SMILES string of the molecule is COc1cc([C@@H]2CN(C(C)C)CCO2)ccc1C1CC(Nc2cnc(C#N)cn2)NN1. The maximum Gasteiger partial charge on any atom is 0.158 e. The number of morpholine rings is 1. The Morgan fingerprint density at radius 1 is 1.29 bits per heavy atom. The van der Waals surface area contributed by atoms with Gasteiger partial charge in [0.1, 0.15) is 17.6 Å². The summed E-state index contributed by atoms with van der Waals surface area (Å²) in [6.07, 6.45) is 3.83. The zero-order valence-corrected chi connectivity index (χ0v) is 18.1. The van der Waals surface area contributed by atoms with Gasteiger partial charge in [-0.15, -0.1) is 0 Å². The van der Waals surface area contributed by atoms with Crippen LogP contribution in [-0.2, 0) is 4.74 Å². The van der Waals surface area contributed by atoms with E-state index >= 15 is 0 Å². The molecule has 164 valence electrons. The molecule has 9 heteroatoms. The quantitative estimate of drug-likeness (QED) is 0.644. The van der Waals surface area contributed by atoms with Crippen molar-refractivity contribution in [1.29, 1.82) is 5.26 Å². The minimum atomic E-state index is -0.0297. The lowest BCUT2D eigenvalue weighted by Gasteiger charge is -2.35. The molecule has 2 saturated heterocycles. The number of hydrazine groups is 1. The van der Waals surface area contributed by atoms with E-state index in [1.54, 1.807) is 13.3 Å². The van der Waals surface area contributed by atoms with Crippen molar-refractivity contribution in [3.8, 4) is 11.8 Å². The van der Waals surface area contributed by atoms with Crippen molar-refractivity contribution < 1.29 is 9.47 Å². The van der Waals surface area contributed by atoms with Gasteiger partial charge in [-0.3, -0.25) is 4.90 Å². The zero-order valence-electron chi connectivity index (χ0n) is 18.1. The van der Waals surface area contributed by atoms with Crippen LogP contribution in [-0.4, -0.2) is 53.9 Å². The van der Waals surface area contributed by atoms with Gasteiger partial charge in [-0.05, 0) is 25.5 Å². The van der Waals surface area contributed by atoms with E-state index in [9.17, 15) is 0 Å². The van der Waals surface area contributed by atoms with E-state index in [4.69, 9.17) is 14.7 Å². The average molecular weight is 424 g/mol. The first kappa shape index (κ1) is 21.5. The number of nitriles is 1. The molecule has 0 radical (unpaired) electrons. The topological polar surface area (TPSA) is 107 Å².